The van der Waals surface area contributed by atoms with E-state index in [-0.39, 0.29) is 24.3 Å². The molecule has 0 bridgehead atoms. The molecule has 3 atom stereocenters. The molecule has 1 saturated carbocycles. The van der Waals surface area contributed by atoms with Gasteiger partial charge in [-0.25, -0.2) is 9.97 Å². The van der Waals surface area contributed by atoms with Crippen LogP contribution in [-0.4, -0.2) is 33.0 Å². The molecule has 132 valence electrons. The van der Waals surface area contributed by atoms with E-state index < -0.39 is 5.97 Å². The van der Waals surface area contributed by atoms with Gasteiger partial charge in [0.05, 0.1) is 12.3 Å². The fraction of sp³-hybridized carbons (Fsp3) is 0.667. The molecule has 0 aliphatic heterocycles. The van der Waals surface area contributed by atoms with E-state index >= 15 is 0 Å². The van der Waals surface area contributed by atoms with Gasteiger partial charge in [-0.1, -0.05) is 13.8 Å². The van der Waals surface area contributed by atoms with Crippen LogP contribution in [0.15, 0.2) is 0 Å². The summed E-state index contributed by atoms with van der Waals surface area (Å²) in [6, 6.07) is -0.0421. The molecule has 0 aromatic carbocycles. The Hall–Kier alpha value is -1.98. The first-order chi connectivity index (χ1) is 11.3. The fourth-order valence-electron chi connectivity index (χ4n) is 3.20. The summed E-state index contributed by atoms with van der Waals surface area (Å²) in [4.78, 5) is 32.4. The second-order valence-electron chi connectivity index (χ2n) is 6.83. The SMILES string of the molecule is CCC(C)c1nc(C)c(CC(=O)N[C@@H]2CC[C@H](C(=O)O)C2)c(C)n1. The summed E-state index contributed by atoms with van der Waals surface area (Å²) in [5.41, 5.74) is 2.57. The lowest BCUT2D eigenvalue weighted by Crippen LogP contribution is -2.34. The number of amides is 1. The number of nitrogens with zero attached hydrogens (tertiary/aromatic N) is 2. The zero-order chi connectivity index (χ0) is 17.9. The van der Waals surface area contributed by atoms with Gasteiger partial charge in [0.1, 0.15) is 5.82 Å². The van der Waals surface area contributed by atoms with Gasteiger partial charge in [0.15, 0.2) is 0 Å². The van der Waals surface area contributed by atoms with Gasteiger partial charge in [-0.15, -0.1) is 0 Å². The molecule has 2 N–H and O–H groups in total. The molecule has 6 nitrogen and oxygen atoms in total. The van der Waals surface area contributed by atoms with Gasteiger partial charge in [-0.05, 0) is 39.5 Å². The Morgan fingerprint density at radius 1 is 1.25 bits per heavy atom. The number of aromatic nitrogens is 2. The minimum Gasteiger partial charge on any atom is -0.481 e. The molecular formula is C18H27N3O3. The highest BCUT2D eigenvalue weighted by Crippen LogP contribution is 2.26. The average molecular weight is 333 g/mol. The van der Waals surface area contributed by atoms with E-state index in [0.29, 0.717) is 18.8 Å². The molecule has 24 heavy (non-hydrogen) atoms. The van der Waals surface area contributed by atoms with Gasteiger partial charge in [0, 0.05) is 28.9 Å². The van der Waals surface area contributed by atoms with Crippen LogP contribution in [0.4, 0.5) is 0 Å². The number of nitrogens with one attached hydrogen (secondary N) is 1. The lowest BCUT2D eigenvalue weighted by atomic mass is 10.0. The molecule has 1 aliphatic rings. The van der Waals surface area contributed by atoms with Crippen molar-refractivity contribution in [1.29, 1.82) is 0 Å². The van der Waals surface area contributed by atoms with E-state index in [1.807, 2.05) is 13.8 Å². The molecule has 0 radical (unpaired) electrons. The number of aryl methyl sites for hydroxylation is 2. The number of hydrogen-bond acceptors (Lipinski definition) is 4. The zero-order valence-electron chi connectivity index (χ0n) is 14.9. The summed E-state index contributed by atoms with van der Waals surface area (Å²) < 4.78 is 0. The highest BCUT2D eigenvalue weighted by molar-refractivity contribution is 5.79. The molecule has 1 fully saturated rings. The number of aliphatic carboxylic acids is 1. The molecular weight excluding hydrogens is 306 g/mol. The van der Waals surface area contributed by atoms with E-state index in [0.717, 1.165) is 35.6 Å². The normalized spacial score (nSPS) is 21.5. The summed E-state index contributed by atoms with van der Waals surface area (Å²) in [7, 11) is 0. The minimum absolute atomic E-state index is 0.0421. The molecule has 1 amide bonds. The maximum atomic E-state index is 12.3. The number of rotatable bonds is 6. The average Bonchev–Trinajstić information content (AvgIpc) is 2.98. The Balaban J connectivity index is 2.00. The molecule has 1 aliphatic carbocycles. The highest BCUT2D eigenvalue weighted by atomic mass is 16.4. The van der Waals surface area contributed by atoms with Crippen molar-refractivity contribution in [2.45, 2.75) is 71.8 Å². The van der Waals surface area contributed by atoms with Gasteiger partial charge in [-0.2, -0.15) is 0 Å². The number of carbonyl (C=O) groups excluding carboxylic acids is 1. The third-order valence-electron chi connectivity index (χ3n) is 4.98. The first-order valence-corrected chi connectivity index (χ1v) is 8.68. The summed E-state index contributed by atoms with van der Waals surface area (Å²) in [6.45, 7) is 8.03. The van der Waals surface area contributed by atoms with Crippen LogP contribution in [0.5, 0.6) is 0 Å². The van der Waals surface area contributed by atoms with Crippen molar-refractivity contribution in [1.82, 2.24) is 15.3 Å². The number of carboxylic acid groups (broad SMARTS) is 1. The summed E-state index contributed by atoms with van der Waals surface area (Å²) in [5, 5.41) is 12.0. The summed E-state index contributed by atoms with van der Waals surface area (Å²) >= 11 is 0. The first-order valence-electron chi connectivity index (χ1n) is 8.68. The van der Waals surface area contributed by atoms with Gasteiger partial charge < -0.3 is 10.4 Å². The molecule has 1 aromatic rings. The van der Waals surface area contributed by atoms with E-state index in [2.05, 4.69) is 29.1 Å². The standard InChI is InChI=1S/C18H27N3O3/c1-5-10(2)17-19-11(3)15(12(4)20-17)9-16(22)21-14-7-6-13(8-14)18(23)24/h10,13-14H,5-9H2,1-4H3,(H,21,22)(H,23,24)/t10?,13-,14+/m0/s1. The van der Waals surface area contributed by atoms with Crippen LogP contribution in [0.2, 0.25) is 0 Å². The summed E-state index contributed by atoms with van der Waals surface area (Å²) in [6.07, 6.45) is 3.09. The molecule has 1 unspecified atom stereocenters. The Kier molecular flexibility index (Phi) is 5.91. The second-order valence-corrected chi connectivity index (χ2v) is 6.83. The van der Waals surface area contributed by atoms with Gasteiger partial charge in [0.25, 0.3) is 0 Å². The number of carbonyl (C=O) groups is 2. The van der Waals surface area contributed by atoms with Crippen molar-refractivity contribution < 1.29 is 14.7 Å². The van der Waals surface area contributed by atoms with Crippen molar-refractivity contribution in [3.8, 4) is 0 Å². The van der Waals surface area contributed by atoms with E-state index in [9.17, 15) is 9.59 Å². The lowest BCUT2D eigenvalue weighted by molar-refractivity contribution is -0.141. The maximum Gasteiger partial charge on any atom is 0.306 e. The predicted octanol–water partition coefficient (Wildman–Crippen LogP) is 2.52. The van der Waals surface area contributed by atoms with Crippen molar-refractivity contribution in [3.05, 3.63) is 22.8 Å². The van der Waals surface area contributed by atoms with Gasteiger partial charge >= 0.3 is 5.97 Å². The molecule has 6 heteroatoms. The molecule has 1 heterocycles. The van der Waals surface area contributed by atoms with Gasteiger partial charge in [0.2, 0.25) is 5.91 Å². The zero-order valence-corrected chi connectivity index (χ0v) is 14.9. The smallest absolute Gasteiger partial charge is 0.306 e. The molecule has 1 aromatic heterocycles. The predicted molar refractivity (Wildman–Crippen MR) is 90.8 cm³/mol. The van der Waals surface area contributed by atoms with E-state index in [1.165, 1.54) is 0 Å². The largest absolute Gasteiger partial charge is 0.481 e. The number of carboxylic acids is 1. The molecule has 2 rings (SSSR count). The monoisotopic (exact) mass is 333 g/mol. The summed E-state index contributed by atoms with van der Waals surface area (Å²) in [5.74, 6) is -0.0602. The maximum absolute atomic E-state index is 12.3. The van der Waals surface area contributed by atoms with Crippen molar-refractivity contribution in [3.63, 3.8) is 0 Å². The Morgan fingerprint density at radius 3 is 2.38 bits per heavy atom. The minimum atomic E-state index is -0.771. The Morgan fingerprint density at radius 2 is 1.88 bits per heavy atom. The van der Waals surface area contributed by atoms with Crippen LogP contribution >= 0.6 is 0 Å². The number of hydrogen-bond donors (Lipinski definition) is 2. The van der Waals surface area contributed by atoms with Gasteiger partial charge in [-0.3, -0.25) is 9.59 Å². The van der Waals surface area contributed by atoms with Crippen molar-refractivity contribution in [2.24, 2.45) is 5.92 Å². The van der Waals surface area contributed by atoms with E-state index in [1.54, 1.807) is 0 Å². The van der Waals surface area contributed by atoms with Crippen LogP contribution in [0.3, 0.4) is 0 Å². The van der Waals surface area contributed by atoms with Crippen LogP contribution < -0.4 is 5.32 Å². The van der Waals surface area contributed by atoms with Crippen molar-refractivity contribution >= 4 is 11.9 Å². The van der Waals surface area contributed by atoms with Crippen LogP contribution in [0.25, 0.3) is 0 Å². The third kappa shape index (κ3) is 4.30. The second kappa shape index (κ2) is 7.73. The first kappa shape index (κ1) is 18.4. The third-order valence-corrected chi connectivity index (χ3v) is 4.98. The van der Waals surface area contributed by atoms with E-state index in [4.69, 9.17) is 5.11 Å². The quantitative estimate of drug-likeness (QED) is 0.834. The Labute approximate surface area is 143 Å². The Bertz CT molecular complexity index is 607. The molecule has 0 spiro atoms. The highest BCUT2D eigenvalue weighted by Gasteiger charge is 2.30. The lowest BCUT2D eigenvalue weighted by Gasteiger charge is -2.16. The van der Waals surface area contributed by atoms with Crippen LogP contribution in [0, 0.1) is 19.8 Å². The van der Waals surface area contributed by atoms with Crippen molar-refractivity contribution in [2.75, 3.05) is 0 Å². The van der Waals surface area contributed by atoms with Crippen LogP contribution in [0.1, 0.15) is 68.2 Å². The fourth-order valence-corrected chi connectivity index (χ4v) is 3.20. The van der Waals surface area contributed by atoms with Crippen LogP contribution in [-0.2, 0) is 16.0 Å². The molecule has 0 saturated heterocycles. The topological polar surface area (TPSA) is 92.2 Å².